The van der Waals surface area contributed by atoms with Crippen LogP contribution in [0.2, 0.25) is 0 Å². The maximum atomic E-state index is 11.5. The number of halogens is 1. The van der Waals surface area contributed by atoms with Crippen LogP contribution in [-0.4, -0.2) is 21.6 Å². The Bertz CT molecular complexity index is 506. The Balaban J connectivity index is 2.64. The molecule has 0 saturated carbocycles. The number of aromatic amines is 1. The second-order valence-electron chi connectivity index (χ2n) is 3.15. The lowest BCUT2D eigenvalue weighted by Crippen LogP contribution is -2.01. The summed E-state index contributed by atoms with van der Waals surface area (Å²) < 4.78 is 0. The first-order valence-electron chi connectivity index (χ1n) is 4.53. The highest BCUT2D eigenvalue weighted by atomic mass is 35.5. The summed E-state index contributed by atoms with van der Waals surface area (Å²) in [7, 11) is 0. The molecule has 2 rings (SSSR count). The molecule has 1 aromatic heterocycles. The number of carbonyl (C=O) groups excluding carboxylic acids is 1. The van der Waals surface area contributed by atoms with Gasteiger partial charge in [0, 0.05) is 5.56 Å². The Morgan fingerprint density at radius 2 is 2.33 bits per heavy atom. The lowest BCUT2D eigenvalue weighted by Gasteiger charge is -1.96. The van der Waals surface area contributed by atoms with Gasteiger partial charge in [-0.15, -0.1) is 11.6 Å². The number of hydrogen-bond donors (Lipinski definition) is 2. The summed E-state index contributed by atoms with van der Waals surface area (Å²) in [4.78, 5) is 18.8. The van der Waals surface area contributed by atoms with E-state index in [4.69, 9.17) is 17.3 Å². The molecule has 0 bridgehead atoms. The zero-order chi connectivity index (χ0) is 10.8. The number of benzene rings is 1. The third kappa shape index (κ3) is 1.73. The molecule has 0 saturated heterocycles. The largest absolute Gasteiger partial charge is 0.341 e. The van der Waals surface area contributed by atoms with Crippen LogP contribution in [0.1, 0.15) is 16.2 Å². The number of hydrogen-bond acceptors (Lipinski definition) is 3. The first-order valence-corrected chi connectivity index (χ1v) is 5.06. The first kappa shape index (κ1) is 10.1. The van der Waals surface area contributed by atoms with E-state index in [2.05, 4.69) is 9.97 Å². The number of fused-ring (bicyclic) bond motifs is 1. The van der Waals surface area contributed by atoms with Gasteiger partial charge in [0.15, 0.2) is 5.78 Å². The minimum Gasteiger partial charge on any atom is -0.341 e. The van der Waals surface area contributed by atoms with Crippen molar-refractivity contribution >= 4 is 28.4 Å². The van der Waals surface area contributed by atoms with Gasteiger partial charge in [-0.25, -0.2) is 4.98 Å². The highest BCUT2D eigenvalue weighted by Gasteiger charge is 2.11. The smallest absolute Gasteiger partial charge is 0.179 e. The van der Waals surface area contributed by atoms with Crippen LogP contribution in [0.25, 0.3) is 11.0 Å². The Hall–Kier alpha value is -1.39. The molecular formula is C10H10ClN3O. The maximum Gasteiger partial charge on any atom is 0.179 e. The van der Waals surface area contributed by atoms with Crippen LogP contribution in [0.15, 0.2) is 18.2 Å². The zero-order valence-corrected chi connectivity index (χ0v) is 8.71. The van der Waals surface area contributed by atoms with Crippen LogP contribution >= 0.6 is 11.6 Å². The van der Waals surface area contributed by atoms with Crippen LogP contribution < -0.4 is 5.73 Å². The summed E-state index contributed by atoms with van der Waals surface area (Å²) in [5.41, 5.74) is 7.46. The molecule has 1 heterocycles. The van der Waals surface area contributed by atoms with Crippen LogP contribution in [0.5, 0.6) is 0 Å². The van der Waals surface area contributed by atoms with E-state index in [0.29, 0.717) is 23.4 Å². The van der Waals surface area contributed by atoms with Crippen LogP contribution in [0, 0.1) is 0 Å². The van der Waals surface area contributed by atoms with Crippen molar-refractivity contribution in [1.82, 2.24) is 9.97 Å². The van der Waals surface area contributed by atoms with E-state index in [1.165, 1.54) is 0 Å². The van der Waals surface area contributed by atoms with Gasteiger partial charge >= 0.3 is 0 Å². The molecule has 0 amide bonds. The molecule has 0 aliphatic rings. The minimum atomic E-state index is -0.127. The number of alkyl halides is 1. The summed E-state index contributed by atoms with van der Waals surface area (Å²) in [5.74, 6) is 0.501. The number of para-hydroxylation sites is 1. The van der Waals surface area contributed by atoms with Crippen LogP contribution in [0.3, 0.4) is 0 Å². The second kappa shape index (κ2) is 4.00. The third-order valence-electron chi connectivity index (χ3n) is 2.18. The summed E-state index contributed by atoms with van der Waals surface area (Å²) in [6.45, 7) is 0.323. The minimum absolute atomic E-state index is 0.0378. The van der Waals surface area contributed by atoms with E-state index < -0.39 is 0 Å². The highest BCUT2D eigenvalue weighted by molar-refractivity contribution is 6.31. The standard InChI is InChI=1S/C10H10ClN3O/c11-4-8(15)6-2-1-3-7-10(6)14-9(5-12)13-7/h1-3H,4-5,12H2,(H,13,14). The number of rotatable bonds is 3. The number of Topliss-reactive ketones (excluding diaryl/α,β-unsaturated/α-hetero) is 1. The average Bonchev–Trinajstić information content (AvgIpc) is 2.70. The van der Waals surface area contributed by atoms with Crippen molar-refractivity contribution in [2.75, 3.05) is 5.88 Å². The SMILES string of the molecule is NCc1nc2c(C(=O)CCl)cccc2[nH]1. The van der Waals surface area contributed by atoms with Gasteiger partial charge in [0.05, 0.1) is 23.5 Å². The fourth-order valence-corrected chi connectivity index (χ4v) is 1.62. The number of nitrogens with two attached hydrogens (primary N) is 1. The van der Waals surface area contributed by atoms with E-state index in [-0.39, 0.29) is 11.7 Å². The Labute approximate surface area is 91.4 Å². The van der Waals surface area contributed by atoms with Gasteiger partial charge in [-0.2, -0.15) is 0 Å². The number of H-pyrrole nitrogens is 1. The Morgan fingerprint density at radius 3 is 3.00 bits per heavy atom. The first-order chi connectivity index (χ1) is 7.26. The third-order valence-corrected chi connectivity index (χ3v) is 2.42. The molecule has 0 aliphatic carbocycles. The van der Waals surface area contributed by atoms with Gasteiger partial charge in [0.25, 0.3) is 0 Å². The normalized spacial score (nSPS) is 10.8. The van der Waals surface area contributed by atoms with Gasteiger partial charge < -0.3 is 10.7 Å². The number of nitrogens with one attached hydrogen (secondary N) is 1. The topological polar surface area (TPSA) is 71.8 Å². The molecule has 0 atom stereocenters. The van der Waals surface area contributed by atoms with E-state index >= 15 is 0 Å². The Kier molecular flexibility index (Phi) is 2.70. The second-order valence-corrected chi connectivity index (χ2v) is 3.41. The van der Waals surface area contributed by atoms with Gasteiger partial charge in [-0.1, -0.05) is 6.07 Å². The van der Waals surface area contributed by atoms with E-state index in [9.17, 15) is 4.79 Å². The van der Waals surface area contributed by atoms with Gasteiger partial charge in [0.2, 0.25) is 0 Å². The Morgan fingerprint density at radius 1 is 1.53 bits per heavy atom. The van der Waals surface area contributed by atoms with Crippen molar-refractivity contribution in [3.63, 3.8) is 0 Å². The van der Waals surface area contributed by atoms with Crippen molar-refractivity contribution in [1.29, 1.82) is 0 Å². The molecule has 78 valence electrons. The monoisotopic (exact) mass is 223 g/mol. The van der Waals surface area contributed by atoms with Gasteiger partial charge in [-0.05, 0) is 12.1 Å². The number of carbonyl (C=O) groups is 1. The lowest BCUT2D eigenvalue weighted by atomic mass is 10.1. The molecule has 0 spiro atoms. The number of ketones is 1. The molecule has 5 heteroatoms. The predicted molar refractivity (Wildman–Crippen MR) is 59.0 cm³/mol. The van der Waals surface area contributed by atoms with E-state index in [0.717, 1.165) is 5.52 Å². The summed E-state index contributed by atoms with van der Waals surface area (Å²) in [6, 6.07) is 5.36. The molecule has 0 aliphatic heterocycles. The number of aromatic nitrogens is 2. The quantitative estimate of drug-likeness (QED) is 0.611. The molecule has 1 aromatic carbocycles. The highest BCUT2D eigenvalue weighted by Crippen LogP contribution is 2.17. The fourth-order valence-electron chi connectivity index (χ4n) is 1.48. The van der Waals surface area contributed by atoms with Gasteiger partial charge in [0.1, 0.15) is 5.82 Å². The fraction of sp³-hybridized carbons (Fsp3) is 0.200. The maximum absolute atomic E-state index is 11.5. The van der Waals surface area contributed by atoms with E-state index in [1.807, 2.05) is 6.07 Å². The van der Waals surface area contributed by atoms with Crippen molar-refractivity contribution in [2.24, 2.45) is 5.73 Å². The molecule has 0 radical (unpaired) electrons. The van der Waals surface area contributed by atoms with Crippen molar-refractivity contribution < 1.29 is 4.79 Å². The number of imidazole rings is 1. The molecule has 0 unspecified atom stereocenters. The van der Waals surface area contributed by atoms with Crippen molar-refractivity contribution in [3.05, 3.63) is 29.6 Å². The molecule has 15 heavy (non-hydrogen) atoms. The van der Waals surface area contributed by atoms with E-state index in [1.54, 1.807) is 12.1 Å². The molecule has 2 aromatic rings. The summed E-state index contributed by atoms with van der Waals surface area (Å²) in [5, 5.41) is 0. The zero-order valence-electron chi connectivity index (χ0n) is 7.96. The average molecular weight is 224 g/mol. The molecule has 4 nitrogen and oxygen atoms in total. The van der Waals surface area contributed by atoms with Gasteiger partial charge in [-0.3, -0.25) is 4.79 Å². The summed E-state index contributed by atoms with van der Waals surface area (Å²) in [6.07, 6.45) is 0. The predicted octanol–water partition coefficient (Wildman–Crippen LogP) is 1.44. The van der Waals surface area contributed by atoms with Crippen LogP contribution in [-0.2, 0) is 6.54 Å². The number of nitrogens with zero attached hydrogens (tertiary/aromatic N) is 1. The lowest BCUT2D eigenvalue weighted by molar-refractivity contribution is 0.102. The van der Waals surface area contributed by atoms with Crippen LogP contribution in [0.4, 0.5) is 0 Å². The molecular weight excluding hydrogens is 214 g/mol. The molecule has 3 N–H and O–H groups in total. The molecule has 0 fully saturated rings. The van der Waals surface area contributed by atoms with Crippen molar-refractivity contribution in [3.8, 4) is 0 Å². The summed E-state index contributed by atoms with van der Waals surface area (Å²) >= 11 is 5.52. The van der Waals surface area contributed by atoms with Crippen molar-refractivity contribution in [2.45, 2.75) is 6.54 Å².